The third-order valence-corrected chi connectivity index (χ3v) is 5.51. The number of nitrogens with zero attached hydrogens (tertiary/aromatic N) is 4. The van der Waals surface area contributed by atoms with E-state index in [0.29, 0.717) is 0 Å². The predicted molar refractivity (Wildman–Crippen MR) is 92.5 cm³/mol. The minimum atomic E-state index is -0.537. The van der Waals surface area contributed by atoms with Crippen molar-refractivity contribution < 1.29 is 4.79 Å². The zero-order valence-electron chi connectivity index (χ0n) is 14.0. The zero-order chi connectivity index (χ0) is 16.4. The minimum absolute atomic E-state index is 0.155. The summed E-state index contributed by atoms with van der Waals surface area (Å²) in [6.45, 7) is 4.82. The Kier molecular flexibility index (Phi) is 4.55. The lowest BCUT2D eigenvalue weighted by molar-refractivity contribution is -0.141. The van der Waals surface area contributed by atoms with Crippen LogP contribution in [0.1, 0.15) is 22.6 Å². The van der Waals surface area contributed by atoms with Gasteiger partial charge in [0, 0.05) is 49.3 Å². The molecule has 3 rings (SSSR count). The van der Waals surface area contributed by atoms with Crippen LogP contribution in [-0.2, 0) is 16.9 Å². The first kappa shape index (κ1) is 16.2. The second-order valence-electron chi connectivity index (χ2n) is 6.53. The Labute approximate surface area is 141 Å². The van der Waals surface area contributed by atoms with Gasteiger partial charge in [-0.1, -0.05) is 0 Å². The third-order valence-electron chi connectivity index (χ3n) is 4.53. The molecule has 2 aromatic rings. The molecule has 0 saturated carbocycles. The van der Waals surface area contributed by atoms with Gasteiger partial charge in [0.1, 0.15) is 5.54 Å². The molecule has 2 aromatic heterocycles. The van der Waals surface area contributed by atoms with Crippen molar-refractivity contribution in [1.82, 2.24) is 19.4 Å². The van der Waals surface area contributed by atoms with E-state index in [-0.39, 0.29) is 5.91 Å². The van der Waals surface area contributed by atoms with Crippen molar-refractivity contribution in [2.75, 3.05) is 27.2 Å². The van der Waals surface area contributed by atoms with Gasteiger partial charge in [-0.15, -0.1) is 11.3 Å². The third kappa shape index (κ3) is 3.19. The zero-order valence-corrected chi connectivity index (χ0v) is 14.8. The summed E-state index contributed by atoms with van der Waals surface area (Å²) in [5.41, 5.74) is -0.537. The number of likely N-dealkylation sites (tertiary alicyclic amines) is 1. The smallest absolute Gasteiger partial charge is 0.249 e. The number of hydrogen-bond acceptors (Lipinski definition) is 4. The molecule has 1 fully saturated rings. The second kappa shape index (κ2) is 6.45. The summed E-state index contributed by atoms with van der Waals surface area (Å²) >= 11 is 1.84. The predicted octanol–water partition coefficient (Wildman–Crippen LogP) is 2.33. The maximum Gasteiger partial charge on any atom is 0.249 e. The van der Waals surface area contributed by atoms with E-state index >= 15 is 0 Å². The van der Waals surface area contributed by atoms with Crippen LogP contribution in [0.5, 0.6) is 0 Å². The van der Waals surface area contributed by atoms with E-state index in [1.807, 2.05) is 36.2 Å². The van der Waals surface area contributed by atoms with Crippen LogP contribution in [0.4, 0.5) is 0 Å². The van der Waals surface area contributed by atoms with Gasteiger partial charge in [-0.25, -0.2) is 4.98 Å². The Hall–Kier alpha value is -1.66. The molecule has 1 aliphatic rings. The molecule has 124 valence electrons. The van der Waals surface area contributed by atoms with Crippen molar-refractivity contribution in [3.8, 4) is 0 Å². The van der Waals surface area contributed by atoms with Crippen LogP contribution in [0.15, 0.2) is 30.9 Å². The summed E-state index contributed by atoms with van der Waals surface area (Å²) in [7, 11) is 3.67. The lowest BCUT2D eigenvalue weighted by Crippen LogP contribution is -2.57. The number of aryl methyl sites for hydroxylation is 1. The molecule has 0 radical (unpaired) electrons. The highest BCUT2D eigenvalue weighted by Crippen LogP contribution is 2.32. The summed E-state index contributed by atoms with van der Waals surface area (Å²) in [5.74, 6) is 0.155. The standard InChI is InChI=1S/C17H24N4OS/c1-14-5-6-15(23-14)11-20-9-4-7-17(12-20,16(22)19(2)3)21-10-8-18-13-21/h5-6,8,10,13H,4,7,9,11-12H2,1-3H3. The van der Waals surface area contributed by atoms with Crippen LogP contribution in [-0.4, -0.2) is 52.4 Å². The molecule has 3 heterocycles. The number of piperidine rings is 1. The lowest BCUT2D eigenvalue weighted by Gasteiger charge is -2.43. The highest BCUT2D eigenvalue weighted by atomic mass is 32.1. The van der Waals surface area contributed by atoms with Crippen LogP contribution in [0.3, 0.4) is 0 Å². The van der Waals surface area contributed by atoms with Gasteiger partial charge in [-0.3, -0.25) is 9.69 Å². The summed E-state index contributed by atoms with van der Waals surface area (Å²) in [6, 6.07) is 4.36. The van der Waals surface area contributed by atoms with E-state index in [1.54, 1.807) is 17.4 Å². The summed E-state index contributed by atoms with van der Waals surface area (Å²) in [5, 5.41) is 0. The van der Waals surface area contributed by atoms with Crippen molar-refractivity contribution in [3.63, 3.8) is 0 Å². The van der Waals surface area contributed by atoms with Gasteiger partial charge in [-0.05, 0) is 38.4 Å². The van der Waals surface area contributed by atoms with E-state index in [4.69, 9.17) is 0 Å². The van der Waals surface area contributed by atoms with Gasteiger partial charge < -0.3 is 9.47 Å². The topological polar surface area (TPSA) is 41.4 Å². The fraction of sp³-hybridized carbons (Fsp3) is 0.529. The number of amides is 1. The molecule has 0 N–H and O–H groups in total. The average molecular weight is 332 g/mol. The number of carbonyl (C=O) groups excluding carboxylic acids is 1. The van der Waals surface area contributed by atoms with Crippen molar-refractivity contribution in [1.29, 1.82) is 0 Å². The van der Waals surface area contributed by atoms with Crippen molar-refractivity contribution in [2.45, 2.75) is 31.8 Å². The quantitative estimate of drug-likeness (QED) is 0.863. The molecule has 6 heteroatoms. The summed E-state index contributed by atoms with van der Waals surface area (Å²) in [6.07, 6.45) is 7.33. The molecule has 1 atom stereocenters. The van der Waals surface area contributed by atoms with Gasteiger partial charge >= 0.3 is 0 Å². The molecule has 1 aliphatic heterocycles. The van der Waals surface area contributed by atoms with E-state index in [9.17, 15) is 4.79 Å². The number of aromatic nitrogens is 2. The number of hydrogen-bond donors (Lipinski definition) is 0. The molecule has 0 aromatic carbocycles. The van der Waals surface area contributed by atoms with Crippen LogP contribution in [0.2, 0.25) is 0 Å². The van der Waals surface area contributed by atoms with Gasteiger partial charge in [0.05, 0.1) is 6.33 Å². The monoisotopic (exact) mass is 332 g/mol. The van der Waals surface area contributed by atoms with Crippen LogP contribution in [0.25, 0.3) is 0 Å². The van der Waals surface area contributed by atoms with Crippen molar-refractivity contribution >= 4 is 17.2 Å². The molecule has 23 heavy (non-hydrogen) atoms. The fourth-order valence-corrected chi connectivity index (χ4v) is 4.41. The first-order chi connectivity index (χ1) is 11.0. The van der Waals surface area contributed by atoms with Crippen LogP contribution in [0, 0.1) is 6.92 Å². The molecule has 0 bridgehead atoms. The van der Waals surface area contributed by atoms with E-state index in [1.165, 1.54) is 9.75 Å². The maximum atomic E-state index is 13.0. The largest absolute Gasteiger partial charge is 0.347 e. The molecular weight excluding hydrogens is 308 g/mol. The molecule has 0 spiro atoms. The number of likely N-dealkylation sites (N-methyl/N-ethyl adjacent to an activating group) is 1. The minimum Gasteiger partial charge on any atom is -0.347 e. The molecule has 1 saturated heterocycles. The van der Waals surface area contributed by atoms with Crippen molar-refractivity contribution in [2.24, 2.45) is 0 Å². The van der Waals surface area contributed by atoms with E-state index < -0.39 is 5.54 Å². The SMILES string of the molecule is Cc1ccc(CN2CCCC(C(=O)N(C)C)(n3ccnc3)C2)s1. The first-order valence-corrected chi connectivity index (χ1v) is 8.81. The van der Waals surface area contributed by atoms with Crippen molar-refractivity contribution in [3.05, 3.63) is 40.6 Å². The molecule has 1 unspecified atom stereocenters. The molecular formula is C17H24N4OS. The Morgan fingerprint density at radius 2 is 2.26 bits per heavy atom. The van der Waals surface area contributed by atoms with Crippen LogP contribution >= 0.6 is 11.3 Å². The van der Waals surface area contributed by atoms with E-state index in [0.717, 1.165) is 32.5 Å². The molecule has 1 amide bonds. The average Bonchev–Trinajstić information content (AvgIpc) is 3.18. The first-order valence-electron chi connectivity index (χ1n) is 7.99. The van der Waals surface area contributed by atoms with Gasteiger partial charge in [0.15, 0.2) is 0 Å². The Morgan fingerprint density at radius 3 is 2.87 bits per heavy atom. The number of imidazole rings is 1. The summed E-state index contributed by atoms with van der Waals surface area (Å²) in [4.78, 5) is 23.9. The number of thiophene rings is 1. The molecule has 0 aliphatic carbocycles. The Morgan fingerprint density at radius 1 is 1.43 bits per heavy atom. The molecule has 5 nitrogen and oxygen atoms in total. The highest BCUT2D eigenvalue weighted by molar-refractivity contribution is 7.11. The Bertz CT molecular complexity index is 664. The fourth-order valence-electron chi connectivity index (χ4n) is 3.47. The van der Waals surface area contributed by atoms with Gasteiger partial charge in [0.2, 0.25) is 5.91 Å². The van der Waals surface area contributed by atoms with Gasteiger partial charge in [-0.2, -0.15) is 0 Å². The number of rotatable bonds is 4. The normalized spacial score (nSPS) is 22.2. The highest BCUT2D eigenvalue weighted by Gasteiger charge is 2.44. The van der Waals surface area contributed by atoms with Crippen LogP contribution < -0.4 is 0 Å². The van der Waals surface area contributed by atoms with E-state index in [2.05, 4.69) is 28.9 Å². The Balaban J connectivity index is 1.86. The number of carbonyl (C=O) groups is 1. The summed E-state index contributed by atoms with van der Waals surface area (Å²) < 4.78 is 2.00. The lowest BCUT2D eigenvalue weighted by atomic mass is 9.87. The van der Waals surface area contributed by atoms with Gasteiger partial charge in [0.25, 0.3) is 0 Å². The second-order valence-corrected chi connectivity index (χ2v) is 7.90. The maximum absolute atomic E-state index is 13.0.